The monoisotopic (exact) mass is 355 g/mol. The summed E-state index contributed by atoms with van der Waals surface area (Å²) in [6.45, 7) is 2.06. The number of hydrogen-bond acceptors (Lipinski definition) is 7. The highest BCUT2D eigenvalue weighted by molar-refractivity contribution is 8.00. The van der Waals surface area contributed by atoms with Crippen molar-refractivity contribution < 1.29 is 9.53 Å². The molecule has 4 rings (SSSR count). The van der Waals surface area contributed by atoms with Crippen molar-refractivity contribution in [3.05, 3.63) is 36.2 Å². The summed E-state index contributed by atoms with van der Waals surface area (Å²) in [4.78, 5) is 25.9. The number of esters is 1. The van der Waals surface area contributed by atoms with E-state index in [1.54, 1.807) is 11.3 Å². The standard InChI is InChI=1S/C17H13N3O2S2/c1-9-3-4-10-6-11-14-15(24-16(11)20-12(10)5-9)17(19-8-18-14)23-7-13(21)22-2/h3-6,8H,7H2,1-2H3. The van der Waals surface area contributed by atoms with Crippen molar-refractivity contribution in [2.45, 2.75) is 11.9 Å². The summed E-state index contributed by atoms with van der Waals surface area (Å²) in [6.07, 6.45) is 1.54. The molecular formula is C17H13N3O2S2. The second-order valence-corrected chi connectivity index (χ2v) is 7.32. The summed E-state index contributed by atoms with van der Waals surface area (Å²) in [5, 5.41) is 2.90. The number of methoxy groups -OCH3 is 1. The zero-order valence-electron chi connectivity index (χ0n) is 13.1. The number of aromatic nitrogens is 3. The Morgan fingerprint density at radius 1 is 1.29 bits per heavy atom. The molecule has 0 spiro atoms. The first kappa shape index (κ1) is 15.3. The van der Waals surface area contributed by atoms with Gasteiger partial charge < -0.3 is 4.74 Å². The Labute approximate surface area is 146 Å². The molecule has 5 nitrogen and oxygen atoms in total. The second-order valence-electron chi connectivity index (χ2n) is 5.36. The maximum atomic E-state index is 11.4. The van der Waals surface area contributed by atoms with Crippen molar-refractivity contribution in [2.75, 3.05) is 12.9 Å². The quantitative estimate of drug-likeness (QED) is 0.315. The molecule has 0 bridgehead atoms. The number of carbonyl (C=O) groups excluding carboxylic acids is 1. The molecule has 0 aliphatic rings. The van der Waals surface area contributed by atoms with Crippen LogP contribution in [0, 0.1) is 6.92 Å². The summed E-state index contributed by atoms with van der Waals surface area (Å²) >= 11 is 2.92. The van der Waals surface area contributed by atoms with Gasteiger partial charge in [-0.2, -0.15) is 0 Å². The molecule has 24 heavy (non-hydrogen) atoms. The van der Waals surface area contributed by atoms with Crippen molar-refractivity contribution >= 4 is 60.4 Å². The van der Waals surface area contributed by atoms with Gasteiger partial charge in [-0.15, -0.1) is 11.3 Å². The van der Waals surface area contributed by atoms with Crippen LogP contribution in [0.4, 0.5) is 0 Å². The minimum absolute atomic E-state index is 0.228. The van der Waals surface area contributed by atoms with Crippen LogP contribution in [0.3, 0.4) is 0 Å². The Kier molecular flexibility index (Phi) is 3.82. The summed E-state index contributed by atoms with van der Waals surface area (Å²) in [5.41, 5.74) is 3.04. The van der Waals surface area contributed by atoms with E-state index in [1.807, 2.05) is 0 Å². The number of ether oxygens (including phenoxy) is 1. The highest BCUT2D eigenvalue weighted by Gasteiger charge is 2.14. The van der Waals surface area contributed by atoms with E-state index in [4.69, 9.17) is 9.72 Å². The lowest BCUT2D eigenvalue weighted by Gasteiger charge is -2.00. The van der Waals surface area contributed by atoms with Crippen LogP contribution in [-0.2, 0) is 9.53 Å². The third kappa shape index (κ3) is 2.59. The average Bonchev–Trinajstić information content (AvgIpc) is 2.95. The summed E-state index contributed by atoms with van der Waals surface area (Å²) in [5.74, 6) is -0.0435. The van der Waals surface area contributed by atoms with Gasteiger partial charge in [-0.3, -0.25) is 4.79 Å². The zero-order chi connectivity index (χ0) is 16.7. The fourth-order valence-corrected chi connectivity index (χ4v) is 4.56. The number of nitrogens with zero attached hydrogens (tertiary/aromatic N) is 3. The first-order valence-electron chi connectivity index (χ1n) is 7.30. The molecule has 0 saturated carbocycles. The van der Waals surface area contributed by atoms with E-state index in [-0.39, 0.29) is 11.7 Å². The Bertz CT molecular complexity index is 1090. The second kappa shape index (κ2) is 5.99. The minimum Gasteiger partial charge on any atom is -0.468 e. The van der Waals surface area contributed by atoms with Crippen LogP contribution in [0.5, 0.6) is 0 Å². The van der Waals surface area contributed by atoms with E-state index in [2.05, 4.69) is 41.2 Å². The molecule has 4 aromatic rings. The van der Waals surface area contributed by atoms with E-state index in [1.165, 1.54) is 30.8 Å². The number of fused-ring (bicyclic) bond motifs is 4. The topological polar surface area (TPSA) is 65.0 Å². The first-order chi connectivity index (χ1) is 11.7. The minimum atomic E-state index is -0.271. The molecule has 0 fully saturated rings. The van der Waals surface area contributed by atoms with E-state index in [9.17, 15) is 4.79 Å². The van der Waals surface area contributed by atoms with E-state index in [0.717, 1.165) is 36.4 Å². The molecule has 1 aromatic carbocycles. The normalized spacial score (nSPS) is 11.4. The lowest BCUT2D eigenvalue weighted by atomic mass is 10.1. The number of benzene rings is 1. The summed E-state index contributed by atoms with van der Waals surface area (Å²) in [6, 6.07) is 8.36. The van der Waals surface area contributed by atoms with Crippen LogP contribution >= 0.6 is 23.1 Å². The molecule has 0 atom stereocenters. The highest BCUT2D eigenvalue weighted by Crippen LogP contribution is 2.37. The van der Waals surface area contributed by atoms with Crippen LogP contribution in [0.15, 0.2) is 35.6 Å². The van der Waals surface area contributed by atoms with Crippen molar-refractivity contribution in [3.63, 3.8) is 0 Å². The van der Waals surface area contributed by atoms with Gasteiger partial charge >= 0.3 is 5.97 Å². The molecule has 0 N–H and O–H groups in total. The van der Waals surface area contributed by atoms with Gasteiger partial charge in [-0.25, -0.2) is 15.0 Å². The largest absolute Gasteiger partial charge is 0.468 e. The maximum Gasteiger partial charge on any atom is 0.316 e. The van der Waals surface area contributed by atoms with Crippen molar-refractivity contribution in [1.82, 2.24) is 15.0 Å². The molecule has 0 saturated heterocycles. The molecule has 0 amide bonds. The number of pyridine rings is 1. The number of aryl methyl sites for hydroxylation is 1. The van der Waals surface area contributed by atoms with Gasteiger partial charge in [0.05, 0.1) is 28.6 Å². The van der Waals surface area contributed by atoms with Crippen molar-refractivity contribution in [1.29, 1.82) is 0 Å². The van der Waals surface area contributed by atoms with Gasteiger partial charge in [0.2, 0.25) is 0 Å². The third-order valence-corrected chi connectivity index (χ3v) is 5.91. The Hall–Kier alpha value is -2.25. The van der Waals surface area contributed by atoms with Crippen LogP contribution in [0.1, 0.15) is 5.56 Å². The maximum absolute atomic E-state index is 11.4. The fourth-order valence-electron chi connectivity index (χ4n) is 2.53. The van der Waals surface area contributed by atoms with Gasteiger partial charge in [0.25, 0.3) is 0 Å². The molecule has 120 valence electrons. The predicted octanol–water partition coefficient (Wildman–Crippen LogP) is 3.97. The van der Waals surface area contributed by atoms with E-state index >= 15 is 0 Å². The smallest absolute Gasteiger partial charge is 0.316 e. The van der Waals surface area contributed by atoms with E-state index < -0.39 is 0 Å². The van der Waals surface area contributed by atoms with Crippen LogP contribution in [-0.4, -0.2) is 33.8 Å². The molecule has 0 radical (unpaired) electrons. The van der Waals surface area contributed by atoms with Gasteiger partial charge in [0, 0.05) is 10.8 Å². The highest BCUT2D eigenvalue weighted by atomic mass is 32.2. The lowest BCUT2D eigenvalue weighted by molar-refractivity contribution is -0.137. The molecule has 3 heterocycles. The molecule has 0 aliphatic carbocycles. The zero-order valence-corrected chi connectivity index (χ0v) is 14.7. The number of thioether (sulfide) groups is 1. The fraction of sp³-hybridized carbons (Fsp3) is 0.176. The Balaban J connectivity index is 1.90. The Morgan fingerprint density at radius 3 is 3.00 bits per heavy atom. The predicted molar refractivity (Wildman–Crippen MR) is 97.7 cm³/mol. The number of hydrogen-bond donors (Lipinski definition) is 0. The third-order valence-electron chi connectivity index (χ3n) is 3.72. The van der Waals surface area contributed by atoms with Crippen LogP contribution in [0.2, 0.25) is 0 Å². The molecule has 7 heteroatoms. The molecule has 0 aliphatic heterocycles. The number of rotatable bonds is 3. The first-order valence-corrected chi connectivity index (χ1v) is 9.10. The Morgan fingerprint density at radius 2 is 2.17 bits per heavy atom. The van der Waals surface area contributed by atoms with Gasteiger partial charge in [-0.05, 0) is 24.6 Å². The van der Waals surface area contributed by atoms with Gasteiger partial charge in [-0.1, -0.05) is 23.9 Å². The van der Waals surface area contributed by atoms with Crippen molar-refractivity contribution in [3.8, 4) is 0 Å². The van der Waals surface area contributed by atoms with Crippen LogP contribution < -0.4 is 0 Å². The lowest BCUT2D eigenvalue weighted by Crippen LogP contribution is -2.03. The number of carbonyl (C=O) groups is 1. The van der Waals surface area contributed by atoms with Crippen LogP contribution in [0.25, 0.3) is 31.3 Å². The summed E-state index contributed by atoms with van der Waals surface area (Å²) in [7, 11) is 1.38. The average molecular weight is 355 g/mol. The SMILES string of the molecule is COC(=O)CSc1ncnc2c1sc1nc3cc(C)ccc3cc12. The molecule has 0 unspecified atom stereocenters. The van der Waals surface area contributed by atoms with Gasteiger partial charge in [0.15, 0.2) is 0 Å². The number of thiophene rings is 1. The van der Waals surface area contributed by atoms with E-state index in [0.29, 0.717) is 0 Å². The molecule has 3 aromatic heterocycles. The molecular weight excluding hydrogens is 342 g/mol. The van der Waals surface area contributed by atoms with Crippen molar-refractivity contribution in [2.24, 2.45) is 0 Å². The van der Waals surface area contributed by atoms with Gasteiger partial charge in [0.1, 0.15) is 16.2 Å². The summed E-state index contributed by atoms with van der Waals surface area (Å²) < 4.78 is 5.65.